The lowest BCUT2D eigenvalue weighted by Crippen LogP contribution is -2.31. The highest BCUT2D eigenvalue weighted by molar-refractivity contribution is 7.89. The van der Waals surface area contributed by atoms with E-state index >= 15 is 0 Å². The number of aliphatic hydroxyl groups excluding tert-OH is 1. The molecular formula is C11H21NO3S. The van der Waals surface area contributed by atoms with Crippen molar-refractivity contribution in [3.8, 4) is 0 Å². The van der Waals surface area contributed by atoms with E-state index in [1.54, 1.807) is 4.31 Å². The molecule has 1 saturated heterocycles. The van der Waals surface area contributed by atoms with Gasteiger partial charge >= 0.3 is 0 Å². The van der Waals surface area contributed by atoms with Crippen LogP contribution in [0.3, 0.4) is 0 Å². The first-order valence-corrected chi connectivity index (χ1v) is 7.83. The Kier molecular flexibility index (Phi) is 3.87. The molecule has 94 valence electrons. The van der Waals surface area contributed by atoms with E-state index < -0.39 is 10.0 Å². The first-order chi connectivity index (χ1) is 7.63. The minimum absolute atomic E-state index is 0.0841. The van der Waals surface area contributed by atoms with Gasteiger partial charge in [0, 0.05) is 19.7 Å². The monoisotopic (exact) mass is 247 g/mol. The first kappa shape index (κ1) is 12.3. The van der Waals surface area contributed by atoms with E-state index in [-0.39, 0.29) is 12.4 Å². The zero-order chi connectivity index (χ0) is 11.6. The largest absolute Gasteiger partial charge is 0.396 e. The number of hydrogen-bond acceptors (Lipinski definition) is 3. The van der Waals surface area contributed by atoms with Gasteiger partial charge in [-0.05, 0) is 37.5 Å². The fourth-order valence-electron chi connectivity index (χ4n) is 2.94. The smallest absolute Gasteiger partial charge is 0.214 e. The van der Waals surface area contributed by atoms with Crippen LogP contribution in [0.4, 0.5) is 0 Å². The summed E-state index contributed by atoms with van der Waals surface area (Å²) >= 11 is 0. The number of nitrogens with zero attached hydrogens (tertiary/aromatic N) is 1. The molecule has 1 N–H and O–H groups in total. The topological polar surface area (TPSA) is 57.6 Å². The zero-order valence-corrected chi connectivity index (χ0v) is 10.5. The van der Waals surface area contributed by atoms with Gasteiger partial charge in [0.1, 0.15) is 0 Å². The Hall–Kier alpha value is -0.130. The van der Waals surface area contributed by atoms with Crippen molar-refractivity contribution in [2.75, 3.05) is 25.4 Å². The maximum Gasteiger partial charge on any atom is 0.214 e. The van der Waals surface area contributed by atoms with Crippen molar-refractivity contribution in [2.24, 2.45) is 11.8 Å². The van der Waals surface area contributed by atoms with Gasteiger partial charge in [-0.15, -0.1) is 0 Å². The fraction of sp³-hybridized carbons (Fsp3) is 1.00. The van der Waals surface area contributed by atoms with Crippen molar-refractivity contribution in [1.82, 2.24) is 4.31 Å². The van der Waals surface area contributed by atoms with Crippen LogP contribution in [0.5, 0.6) is 0 Å². The molecule has 2 unspecified atom stereocenters. The molecule has 16 heavy (non-hydrogen) atoms. The second-order valence-corrected chi connectivity index (χ2v) is 7.10. The van der Waals surface area contributed by atoms with Crippen molar-refractivity contribution in [3.05, 3.63) is 0 Å². The van der Waals surface area contributed by atoms with E-state index in [1.807, 2.05) is 0 Å². The molecule has 0 spiro atoms. The van der Waals surface area contributed by atoms with Gasteiger partial charge in [0.25, 0.3) is 0 Å². The van der Waals surface area contributed by atoms with Crippen LogP contribution in [0.15, 0.2) is 0 Å². The molecule has 2 rings (SSSR count). The summed E-state index contributed by atoms with van der Waals surface area (Å²) in [6.07, 6.45) is 4.83. The number of rotatable bonds is 5. The van der Waals surface area contributed by atoms with Crippen molar-refractivity contribution >= 4 is 10.0 Å². The van der Waals surface area contributed by atoms with Gasteiger partial charge in [0.05, 0.1) is 5.75 Å². The molecule has 0 aromatic carbocycles. The van der Waals surface area contributed by atoms with E-state index in [9.17, 15) is 8.42 Å². The lowest BCUT2D eigenvalue weighted by atomic mass is 10.0. The summed E-state index contributed by atoms with van der Waals surface area (Å²) in [6, 6.07) is 0. The molecule has 1 saturated carbocycles. The second kappa shape index (κ2) is 5.02. The summed E-state index contributed by atoms with van der Waals surface area (Å²) in [5, 5.41) is 8.65. The molecule has 5 heteroatoms. The maximum absolute atomic E-state index is 12.0. The molecule has 0 aromatic heterocycles. The van der Waals surface area contributed by atoms with Crippen LogP contribution in [0, 0.1) is 11.8 Å². The Bertz CT molecular complexity index is 316. The lowest BCUT2D eigenvalue weighted by molar-refractivity contribution is 0.287. The van der Waals surface area contributed by atoms with Gasteiger partial charge in [0.2, 0.25) is 10.0 Å². The molecule has 4 nitrogen and oxygen atoms in total. The molecule has 1 heterocycles. The molecule has 0 radical (unpaired) electrons. The Morgan fingerprint density at radius 1 is 1.12 bits per heavy atom. The minimum atomic E-state index is -3.05. The molecule has 1 aliphatic carbocycles. The van der Waals surface area contributed by atoms with Crippen LogP contribution in [-0.4, -0.2) is 43.3 Å². The molecule has 2 atom stereocenters. The van der Waals surface area contributed by atoms with E-state index in [1.165, 1.54) is 19.3 Å². The molecule has 2 aliphatic rings. The average molecular weight is 247 g/mol. The van der Waals surface area contributed by atoms with Gasteiger partial charge in [-0.1, -0.05) is 6.42 Å². The normalized spacial score (nSPS) is 30.8. The summed E-state index contributed by atoms with van der Waals surface area (Å²) in [7, 11) is -3.05. The lowest BCUT2D eigenvalue weighted by Gasteiger charge is -2.16. The summed E-state index contributed by atoms with van der Waals surface area (Å²) in [5.41, 5.74) is 0. The predicted molar refractivity (Wildman–Crippen MR) is 62.5 cm³/mol. The van der Waals surface area contributed by atoms with Gasteiger partial charge in [-0.3, -0.25) is 0 Å². The molecule has 1 aliphatic heterocycles. The van der Waals surface area contributed by atoms with Crippen LogP contribution in [0.2, 0.25) is 0 Å². The maximum atomic E-state index is 12.0. The van der Waals surface area contributed by atoms with Crippen LogP contribution in [0.1, 0.15) is 32.1 Å². The first-order valence-electron chi connectivity index (χ1n) is 6.22. The Morgan fingerprint density at radius 3 is 2.31 bits per heavy atom. The molecular weight excluding hydrogens is 226 g/mol. The number of hydrogen-bond donors (Lipinski definition) is 1. The summed E-state index contributed by atoms with van der Waals surface area (Å²) in [5.74, 6) is 1.44. The van der Waals surface area contributed by atoms with E-state index in [0.29, 0.717) is 24.7 Å². The minimum Gasteiger partial charge on any atom is -0.396 e. The number of aliphatic hydroxyl groups is 1. The van der Waals surface area contributed by atoms with Crippen molar-refractivity contribution < 1.29 is 13.5 Å². The van der Waals surface area contributed by atoms with Crippen molar-refractivity contribution in [2.45, 2.75) is 32.1 Å². The number of sulfonamides is 1. The van der Waals surface area contributed by atoms with Crippen LogP contribution in [0.25, 0.3) is 0 Å². The van der Waals surface area contributed by atoms with Crippen LogP contribution in [-0.2, 0) is 10.0 Å². The molecule has 2 fully saturated rings. The van der Waals surface area contributed by atoms with Crippen LogP contribution < -0.4 is 0 Å². The SMILES string of the molecule is O=S(=O)(CCCCO)N1CC2CCCC2C1. The zero-order valence-electron chi connectivity index (χ0n) is 9.64. The fourth-order valence-corrected chi connectivity index (χ4v) is 4.61. The Morgan fingerprint density at radius 2 is 1.75 bits per heavy atom. The highest BCUT2D eigenvalue weighted by atomic mass is 32.2. The molecule has 0 aromatic rings. The highest BCUT2D eigenvalue weighted by Crippen LogP contribution is 2.38. The van der Waals surface area contributed by atoms with Gasteiger partial charge in [-0.25, -0.2) is 12.7 Å². The second-order valence-electron chi connectivity index (χ2n) is 5.01. The van der Waals surface area contributed by atoms with Crippen LogP contribution >= 0.6 is 0 Å². The van der Waals surface area contributed by atoms with Crippen molar-refractivity contribution in [1.29, 1.82) is 0 Å². The summed E-state index contributed by atoms with van der Waals surface area (Å²) < 4.78 is 25.6. The average Bonchev–Trinajstić information content (AvgIpc) is 2.76. The number of unbranched alkanes of at least 4 members (excludes halogenated alkanes) is 1. The summed E-state index contributed by atoms with van der Waals surface area (Å²) in [6.45, 7) is 1.57. The van der Waals surface area contributed by atoms with Gasteiger partial charge < -0.3 is 5.11 Å². The standard InChI is InChI=1S/C11H21NO3S/c13-6-1-2-7-16(14,15)12-8-10-4-3-5-11(10)9-12/h10-11,13H,1-9H2. The molecule has 0 bridgehead atoms. The van der Waals surface area contributed by atoms with E-state index in [2.05, 4.69) is 0 Å². The quantitative estimate of drug-likeness (QED) is 0.732. The number of fused-ring (bicyclic) bond motifs is 1. The highest BCUT2D eigenvalue weighted by Gasteiger charge is 2.40. The third-order valence-electron chi connectivity index (χ3n) is 3.90. The molecule has 0 amide bonds. The third-order valence-corrected chi connectivity index (χ3v) is 5.79. The summed E-state index contributed by atoms with van der Waals surface area (Å²) in [4.78, 5) is 0. The Balaban J connectivity index is 1.88. The third kappa shape index (κ3) is 2.57. The van der Waals surface area contributed by atoms with Crippen molar-refractivity contribution in [3.63, 3.8) is 0 Å². The van der Waals surface area contributed by atoms with Gasteiger partial charge in [0.15, 0.2) is 0 Å². The van der Waals surface area contributed by atoms with E-state index in [0.717, 1.165) is 13.1 Å². The van der Waals surface area contributed by atoms with E-state index in [4.69, 9.17) is 5.11 Å². The Labute approximate surface area is 97.7 Å². The predicted octanol–water partition coefficient (Wildman–Crippen LogP) is 0.821. The van der Waals surface area contributed by atoms with Gasteiger partial charge in [-0.2, -0.15) is 0 Å².